The van der Waals surface area contributed by atoms with Crippen molar-refractivity contribution < 1.29 is 4.42 Å². The molecule has 0 spiro atoms. The van der Waals surface area contributed by atoms with Gasteiger partial charge in [-0.2, -0.15) is 0 Å². The standard InChI is InChI=1S/C47H31N3O/c1-3-11-30(12-4-1)32-19-22-34(23-20-32)46-48-45(33-14-5-2-6-15-33)49-47(50-46)42-29-41-40-28-37(36-24-21-31-13-7-8-16-35(31)27-36)25-26-43(40)51-44(41)39-18-10-9-17-38(39)42/h1-5,7-14,16-29H,6,15H2. The number of hydrogen-bond donors (Lipinski definition) is 0. The average molecular weight is 654 g/mol. The van der Waals surface area contributed by atoms with Crippen molar-refractivity contribution in [3.63, 3.8) is 0 Å². The maximum absolute atomic E-state index is 6.61. The molecule has 1 aliphatic carbocycles. The van der Waals surface area contributed by atoms with Gasteiger partial charge in [-0.05, 0) is 81.1 Å². The lowest BCUT2D eigenvalue weighted by Crippen LogP contribution is -2.04. The van der Waals surface area contributed by atoms with Gasteiger partial charge < -0.3 is 4.42 Å². The van der Waals surface area contributed by atoms with E-state index in [9.17, 15) is 0 Å². The third-order valence-electron chi connectivity index (χ3n) is 9.99. The molecule has 7 aromatic carbocycles. The predicted molar refractivity (Wildman–Crippen MR) is 210 cm³/mol. The zero-order valence-corrected chi connectivity index (χ0v) is 27.8. The van der Waals surface area contributed by atoms with Gasteiger partial charge in [0.15, 0.2) is 17.5 Å². The summed E-state index contributed by atoms with van der Waals surface area (Å²) < 4.78 is 6.61. The van der Waals surface area contributed by atoms with Gasteiger partial charge in [-0.25, -0.2) is 15.0 Å². The van der Waals surface area contributed by atoms with Gasteiger partial charge in [0.25, 0.3) is 0 Å². The van der Waals surface area contributed by atoms with Crippen LogP contribution >= 0.6 is 0 Å². The number of fused-ring (bicyclic) bond motifs is 6. The zero-order valence-electron chi connectivity index (χ0n) is 27.8. The lowest BCUT2D eigenvalue weighted by atomic mass is 9.97. The summed E-state index contributed by atoms with van der Waals surface area (Å²) in [4.78, 5) is 15.4. The van der Waals surface area contributed by atoms with Crippen LogP contribution in [-0.2, 0) is 0 Å². The van der Waals surface area contributed by atoms with E-state index in [1.807, 2.05) is 6.07 Å². The molecular weight excluding hydrogens is 623 g/mol. The van der Waals surface area contributed by atoms with Crippen LogP contribution in [-0.4, -0.2) is 15.0 Å². The van der Waals surface area contributed by atoms with Gasteiger partial charge in [0.05, 0.1) is 0 Å². The van der Waals surface area contributed by atoms with E-state index in [4.69, 9.17) is 19.4 Å². The highest BCUT2D eigenvalue weighted by molar-refractivity contribution is 6.19. The summed E-state index contributed by atoms with van der Waals surface area (Å²) in [6.45, 7) is 0. The van der Waals surface area contributed by atoms with Crippen LogP contribution in [0.25, 0.3) is 94.1 Å². The Hall–Kier alpha value is -6.65. The molecule has 4 heteroatoms. The van der Waals surface area contributed by atoms with E-state index in [-0.39, 0.29) is 0 Å². The van der Waals surface area contributed by atoms with E-state index in [2.05, 4.69) is 158 Å². The lowest BCUT2D eigenvalue weighted by molar-refractivity contribution is 0.673. The molecular formula is C47H31N3O. The minimum Gasteiger partial charge on any atom is -0.455 e. The molecule has 2 heterocycles. The quantitative estimate of drug-likeness (QED) is 0.185. The van der Waals surface area contributed by atoms with Crippen molar-refractivity contribution >= 4 is 49.1 Å². The smallest absolute Gasteiger partial charge is 0.164 e. The minimum atomic E-state index is 0.649. The first-order valence-corrected chi connectivity index (χ1v) is 17.4. The minimum absolute atomic E-state index is 0.649. The summed E-state index contributed by atoms with van der Waals surface area (Å²) in [5.41, 5.74) is 9.38. The normalized spacial score (nSPS) is 13.0. The second-order valence-corrected chi connectivity index (χ2v) is 13.1. The Morgan fingerprint density at radius 2 is 1.12 bits per heavy atom. The Labute approximate surface area is 295 Å². The molecule has 9 aromatic rings. The topological polar surface area (TPSA) is 51.8 Å². The monoisotopic (exact) mass is 653 g/mol. The highest BCUT2D eigenvalue weighted by Gasteiger charge is 2.20. The summed E-state index contributed by atoms with van der Waals surface area (Å²) in [7, 11) is 0. The number of allylic oxidation sites excluding steroid dienone is 4. The number of benzene rings is 7. The van der Waals surface area contributed by atoms with Crippen molar-refractivity contribution in [2.45, 2.75) is 12.8 Å². The molecule has 0 fully saturated rings. The summed E-state index contributed by atoms with van der Waals surface area (Å²) >= 11 is 0. The lowest BCUT2D eigenvalue weighted by Gasteiger charge is -2.13. The Morgan fingerprint density at radius 1 is 0.451 bits per heavy atom. The largest absolute Gasteiger partial charge is 0.455 e. The third-order valence-corrected chi connectivity index (χ3v) is 9.99. The fourth-order valence-corrected chi connectivity index (χ4v) is 7.33. The summed E-state index contributed by atoms with van der Waals surface area (Å²) in [5, 5.41) is 6.63. The fraction of sp³-hybridized carbons (Fsp3) is 0.0426. The van der Waals surface area contributed by atoms with Crippen LogP contribution < -0.4 is 0 Å². The molecule has 0 amide bonds. The Balaban J connectivity index is 1.17. The van der Waals surface area contributed by atoms with Gasteiger partial charge in [-0.1, -0.05) is 140 Å². The molecule has 2 aromatic heterocycles. The summed E-state index contributed by atoms with van der Waals surface area (Å²) in [6, 6.07) is 51.2. The second kappa shape index (κ2) is 12.0. The maximum atomic E-state index is 6.61. The highest BCUT2D eigenvalue weighted by Crippen LogP contribution is 2.41. The second-order valence-electron chi connectivity index (χ2n) is 13.1. The molecule has 0 bridgehead atoms. The van der Waals surface area contributed by atoms with Crippen LogP contribution in [0.3, 0.4) is 0 Å². The zero-order chi connectivity index (χ0) is 33.7. The molecule has 240 valence electrons. The number of aromatic nitrogens is 3. The summed E-state index contributed by atoms with van der Waals surface area (Å²) in [6.07, 6.45) is 8.26. The van der Waals surface area contributed by atoms with Crippen LogP contribution in [0.5, 0.6) is 0 Å². The number of nitrogens with zero attached hydrogens (tertiary/aromatic N) is 3. The Kier molecular flexibility index (Phi) is 6.91. The van der Waals surface area contributed by atoms with Crippen molar-refractivity contribution in [2.24, 2.45) is 0 Å². The van der Waals surface area contributed by atoms with Crippen LogP contribution in [0.2, 0.25) is 0 Å². The average Bonchev–Trinajstić information content (AvgIpc) is 3.59. The van der Waals surface area contributed by atoms with Crippen molar-refractivity contribution in [3.8, 4) is 45.0 Å². The molecule has 0 unspecified atom stereocenters. The molecule has 0 aliphatic heterocycles. The van der Waals surface area contributed by atoms with Gasteiger partial charge in [0.1, 0.15) is 11.2 Å². The van der Waals surface area contributed by atoms with Crippen LogP contribution in [0.1, 0.15) is 18.7 Å². The molecule has 0 saturated carbocycles. The van der Waals surface area contributed by atoms with Crippen LogP contribution in [0.4, 0.5) is 0 Å². The Morgan fingerprint density at radius 3 is 1.96 bits per heavy atom. The van der Waals surface area contributed by atoms with Gasteiger partial charge >= 0.3 is 0 Å². The van der Waals surface area contributed by atoms with Crippen molar-refractivity contribution in [1.82, 2.24) is 15.0 Å². The van der Waals surface area contributed by atoms with Gasteiger partial charge in [0.2, 0.25) is 0 Å². The fourth-order valence-electron chi connectivity index (χ4n) is 7.33. The van der Waals surface area contributed by atoms with Gasteiger partial charge in [-0.15, -0.1) is 0 Å². The van der Waals surface area contributed by atoms with Gasteiger partial charge in [-0.3, -0.25) is 0 Å². The van der Waals surface area contributed by atoms with Gasteiger partial charge in [0, 0.05) is 27.3 Å². The predicted octanol–water partition coefficient (Wildman–Crippen LogP) is 12.5. The SMILES string of the molecule is C1=CCCC(c2nc(-c3ccc(-c4ccccc4)cc3)nc(-c3cc4c5cc(-c6ccc7ccccc7c6)ccc5oc4c4ccccc34)n2)=C1. The highest BCUT2D eigenvalue weighted by atomic mass is 16.3. The van der Waals surface area contributed by atoms with Crippen LogP contribution in [0, 0.1) is 0 Å². The maximum Gasteiger partial charge on any atom is 0.164 e. The molecule has 0 radical (unpaired) electrons. The van der Waals surface area contributed by atoms with E-state index in [1.165, 1.54) is 21.9 Å². The van der Waals surface area contributed by atoms with E-state index in [0.717, 1.165) is 73.4 Å². The first-order chi connectivity index (χ1) is 25.2. The molecule has 0 atom stereocenters. The van der Waals surface area contributed by atoms with E-state index >= 15 is 0 Å². The first-order valence-electron chi connectivity index (χ1n) is 17.4. The number of rotatable bonds is 5. The van der Waals surface area contributed by atoms with Crippen molar-refractivity contribution in [3.05, 3.63) is 170 Å². The molecule has 1 aliphatic rings. The van der Waals surface area contributed by atoms with E-state index in [0.29, 0.717) is 17.5 Å². The van der Waals surface area contributed by atoms with Crippen molar-refractivity contribution in [2.75, 3.05) is 0 Å². The molecule has 10 rings (SSSR count). The molecule has 0 N–H and O–H groups in total. The molecule has 4 nitrogen and oxygen atoms in total. The number of hydrogen-bond acceptors (Lipinski definition) is 4. The third kappa shape index (κ3) is 5.20. The van der Waals surface area contributed by atoms with E-state index < -0.39 is 0 Å². The van der Waals surface area contributed by atoms with E-state index in [1.54, 1.807) is 0 Å². The van der Waals surface area contributed by atoms with Crippen molar-refractivity contribution in [1.29, 1.82) is 0 Å². The molecule has 0 saturated heterocycles. The number of furan rings is 1. The molecule has 51 heavy (non-hydrogen) atoms. The van der Waals surface area contributed by atoms with Crippen LogP contribution in [0.15, 0.2) is 168 Å². The first kappa shape index (κ1) is 29.3. The Bertz CT molecular complexity index is 2850. The summed E-state index contributed by atoms with van der Waals surface area (Å²) in [5.74, 6) is 2.02.